The second kappa shape index (κ2) is 16.7. The van der Waals surface area contributed by atoms with E-state index in [9.17, 15) is 0 Å². The quantitative estimate of drug-likeness (QED) is 0.186. The fourth-order valence-electron chi connectivity index (χ4n) is 3.47. The highest BCUT2D eigenvalue weighted by Crippen LogP contribution is 2.22. The summed E-state index contributed by atoms with van der Waals surface area (Å²) in [7, 11) is 3.89. The minimum atomic E-state index is 0. The van der Waals surface area contributed by atoms with Crippen LogP contribution >= 0.6 is 24.0 Å². The molecule has 1 heterocycles. The summed E-state index contributed by atoms with van der Waals surface area (Å²) in [6, 6.07) is 10.9. The number of hydrogen-bond acceptors (Lipinski definition) is 5. The predicted octanol–water partition coefficient (Wildman–Crippen LogP) is 2.20. The van der Waals surface area contributed by atoms with Crippen molar-refractivity contribution in [3.05, 3.63) is 35.9 Å². The van der Waals surface area contributed by atoms with Crippen molar-refractivity contribution >= 4 is 29.9 Å². The first-order chi connectivity index (χ1) is 14.2. The first-order valence-electron chi connectivity index (χ1n) is 10.8. The summed E-state index contributed by atoms with van der Waals surface area (Å²) >= 11 is 0. The topological polar surface area (TPSA) is 61.4 Å². The second-order valence-electron chi connectivity index (χ2n) is 7.37. The van der Waals surface area contributed by atoms with Gasteiger partial charge in [0, 0.05) is 53.0 Å². The van der Waals surface area contributed by atoms with E-state index in [-0.39, 0.29) is 30.0 Å². The minimum Gasteiger partial charge on any atom is -0.385 e. The molecule has 2 N–H and O–H groups in total. The van der Waals surface area contributed by atoms with Gasteiger partial charge in [0.15, 0.2) is 5.96 Å². The average Bonchev–Trinajstić information content (AvgIpc) is 2.75. The largest absolute Gasteiger partial charge is 0.385 e. The van der Waals surface area contributed by atoms with Gasteiger partial charge in [0.25, 0.3) is 0 Å². The molecule has 1 aromatic carbocycles. The number of methoxy groups -OCH3 is 1. The van der Waals surface area contributed by atoms with Crippen molar-refractivity contribution in [2.75, 3.05) is 79.8 Å². The van der Waals surface area contributed by atoms with Gasteiger partial charge in [-0.1, -0.05) is 30.3 Å². The van der Waals surface area contributed by atoms with Crippen LogP contribution in [0.3, 0.4) is 0 Å². The van der Waals surface area contributed by atoms with Crippen molar-refractivity contribution in [1.82, 2.24) is 20.4 Å². The Balaban J connectivity index is 0.00000450. The molecule has 1 saturated heterocycles. The molecule has 8 heteroatoms. The molecule has 0 bridgehead atoms. The van der Waals surface area contributed by atoms with Crippen LogP contribution in [0.5, 0.6) is 0 Å². The van der Waals surface area contributed by atoms with Gasteiger partial charge in [0.1, 0.15) is 0 Å². The van der Waals surface area contributed by atoms with Gasteiger partial charge in [-0.15, -0.1) is 24.0 Å². The number of rotatable bonds is 12. The highest BCUT2D eigenvalue weighted by Gasteiger charge is 2.22. The Morgan fingerprint density at radius 1 is 1.20 bits per heavy atom. The first-order valence-corrected chi connectivity index (χ1v) is 10.8. The molecule has 1 aliphatic rings. The van der Waals surface area contributed by atoms with Crippen molar-refractivity contribution in [1.29, 1.82) is 0 Å². The molecule has 1 aliphatic heterocycles. The summed E-state index contributed by atoms with van der Waals surface area (Å²) in [6.45, 7) is 10.8. The van der Waals surface area contributed by atoms with Crippen LogP contribution in [0.1, 0.15) is 24.9 Å². The summed E-state index contributed by atoms with van der Waals surface area (Å²) in [6.07, 6.45) is 1.06. The number of morpholine rings is 1. The number of hydrogen-bond donors (Lipinski definition) is 2. The van der Waals surface area contributed by atoms with Crippen molar-refractivity contribution < 1.29 is 9.47 Å². The van der Waals surface area contributed by atoms with Crippen molar-refractivity contribution in [3.63, 3.8) is 0 Å². The number of nitrogens with zero attached hydrogens (tertiary/aromatic N) is 3. The highest BCUT2D eigenvalue weighted by atomic mass is 127. The smallest absolute Gasteiger partial charge is 0.191 e. The maximum absolute atomic E-state index is 5.55. The van der Waals surface area contributed by atoms with E-state index in [1.807, 2.05) is 0 Å². The normalized spacial score (nSPS) is 16.2. The highest BCUT2D eigenvalue weighted by molar-refractivity contribution is 14.0. The lowest BCUT2D eigenvalue weighted by Gasteiger charge is -2.34. The molecule has 1 atom stereocenters. The Bertz CT molecular complexity index is 570. The maximum Gasteiger partial charge on any atom is 0.191 e. The molecular formula is C22H40IN5O2. The number of aliphatic imine (C=N–C) groups is 1. The Morgan fingerprint density at radius 3 is 2.60 bits per heavy atom. The number of guanidine groups is 1. The van der Waals surface area contributed by atoms with Crippen LogP contribution < -0.4 is 10.6 Å². The van der Waals surface area contributed by atoms with E-state index in [0.717, 1.165) is 78.0 Å². The Labute approximate surface area is 199 Å². The Morgan fingerprint density at radius 2 is 1.93 bits per heavy atom. The van der Waals surface area contributed by atoms with Gasteiger partial charge in [0.05, 0.1) is 25.8 Å². The molecule has 0 aliphatic carbocycles. The molecular weight excluding hydrogens is 493 g/mol. The molecule has 30 heavy (non-hydrogen) atoms. The standard InChI is InChI=1S/C22H39N5O2.HI/c1-4-23-22(24-11-13-26(2)12-8-16-28-3)25-19-21(20-9-6-5-7-10-20)27-14-17-29-18-15-27;/h5-7,9-10,21H,4,8,11-19H2,1-3H3,(H2,23,24,25);1H. The molecule has 1 unspecified atom stereocenters. The van der Waals surface area contributed by atoms with E-state index in [0.29, 0.717) is 0 Å². The third-order valence-corrected chi connectivity index (χ3v) is 5.11. The molecule has 7 nitrogen and oxygen atoms in total. The molecule has 0 amide bonds. The fourth-order valence-corrected chi connectivity index (χ4v) is 3.47. The number of benzene rings is 1. The van der Waals surface area contributed by atoms with Crippen LogP contribution in [0.2, 0.25) is 0 Å². The van der Waals surface area contributed by atoms with Crippen LogP contribution in [0.15, 0.2) is 35.3 Å². The SMILES string of the molecule is CCNC(=NCC(c1ccccc1)N1CCOCC1)NCCN(C)CCCOC.I. The van der Waals surface area contributed by atoms with Crippen molar-refractivity contribution in [3.8, 4) is 0 Å². The van der Waals surface area contributed by atoms with Crippen LogP contribution in [0, 0.1) is 0 Å². The third-order valence-electron chi connectivity index (χ3n) is 5.11. The van der Waals surface area contributed by atoms with E-state index in [1.165, 1.54) is 5.56 Å². The summed E-state index contributed by atoms with van der Waals surface area (Å²) < 4.78 is 10.7. The van der Waals surface area contributed by atoms with Gasteiger partial charge < -0.3 is 25.0 Å². The van der Waals surface area contributed by atoms with Gasteiger partial charge in [-0.05, 0) is 26.0 Å². The monoisotopic (exact) mass is 533 g/mol. The minimum absolute atomic E-state index is 0. The van der Waals surface area contributed by atoms with E-state index in [1.54, 1.807) is 7.11 Å². The molecule has 0 radical (unpaired) electrons. The number of ether oxygens (including phenoxy) is 2. The lowest BCUT2D eigenvalue weighted by molar-refractivity contribution is 0.0179. The van der Waals surface area contributed by atoms with Gasteiger partial charge in [-0.2, -0.15) is 0 Å². The molecule has 1 fully saturated rings. The molecule has 1 aromatic rings. The molecule has 0 saturated carbocycles. The second-order valence-corrected chi connectivity index (χ2v) is 7.37. The molecule has 2 rings (SSSR count). The Hall–Kier alpha value is -0.940. The van der Waals surface area contributed by atoms with Gasteiger partial charge in [-0.3, -0.25) is 9.89 Å². The van der Waals surface area contributed by atoms with Gasteiger partial charge in [-0.25, -0.2) is 0 Å². The maximum atomic E-state index is 5.55. The summed E-state index contributed by atoms with van der Waals surface area (Å²) in [4.78, 5) is 9.71. The predicted molar refractivity (Wildman–Crippen MR) is 135 cm³/mol. The number of nitrogens with one attached hydrogen (secondary N) is 2. The third kappa shape index (κ3) is 10.4. The van der Waals surface area contributed by atoms with E-state index in [2.05, 4.69) is 64.7 Å². The van der Waals surface area contributed by atoms with Gasteiger partial charge >= 0.3 is 0 Å². The average molecular weight is 533 g/mol. The molecule has 0 spiro atoms. The van der Waals surface area contributed by atoms with Crippen LogP contribution in [0.25, 0.3) is 0 Å². The zero-order valence-corrected chi connectivity index (χ0v) is 21.1. The zero-order valence-electron chi connectivity index (χ0n) is 18.8. The van der Waals surface area contributed by atoms with Crippen LogP contribution in [-0.4, -0.2) is 95.6 Å². The lowest BCUT2D eigenvalue weighted by atomic mass is 10.1. The lowest BCUT2D eigenvalue weighted by Crippen LogP contribution is -2.43. The van der Waals surface area contributed by atoms with E-state index >= 15 is 0 Å². The fraction of sp³-hybridized carbons (Fsp3) is 0.682. The zero-order chi connectivity index (χ0) is 20.7. The number of halogens is 1. The molecule has 172 valence electrons. The van der Waals surface area contributed by atoms with Crippen molar-refractivity contribution in [2.24, 2.45) is 4.99 Å². The van der Waals surface area contributed by atoms with E-state index < -0.39 is 0 Å². The summed E-state index contributed by atoms with van der Waals surface area (Å²) in [5.41, 5.74) is 1.31. The summed E-state index contributed by atoms with van der Waals surface area (Å²) in [5, 5.41) is 6.85. The molecule has 0 aromatic heterocycles. The summed E-state index contributed by atoms with van der Waals surface area (Å²) in [5.74, 6) is 0.881. The van der Waals surface area contributed by atoms with Crippen LogP contribution in [-0.2, 0) is 9.47 Å². The van der Waals surface area contributed by atoms with Gasteiger partial charge in [0.2, 0.25) is 0 Å². The Kier molecular flexibility index (Phi) is 15.1. The van der Waals surface area contributed by atoms with Crippen molar-refractivity contribution in [2.45, 2.75) is 19.4 Å². The van der Waals surface area contributed by atoms with Crippen LogP contribution in [0.4, 0.5) is 0 Å². The van der Waals surface area contributed by atoms with E-state index in [4.69, 9.17) is 14.5 Å². The first kappa shape index (κ1) is 27.1. The number of likely N-dealkylation sites (N-methyl/N-ethyl adjacent to an activating group) is 1.